The molecule has 3 nitrogen and oxygen atoms in total. The predicted molar refractivity (Wildman–Crippen MR) is 79.2 cm³/mol. The molecular weight excluding hydrogens is 234 g/mol. The highest BCUT2D eigenvalue weighted by atomic mass is 15.3. The van der Waals surface area contributed by atoms with Crippen LogP contribution >= 0.6 is 0 Å². The predicted octanol–water partition coefficient (Wildman–Crippen LogP) is 3.03. The lowest BCUT2D eigenvalue weighted by molar-refractivity contribution is 0.268. The number of hydrogen-bond donors (Lipinski definition) is 1. The molecule has 19 heavy (non-hydrogen) atoms. The summed E-state index contributed by atoms with van der Waals surface area (Å²) in [6.07, 6.45) is 3.81. The number of benzene rings is 1. The molecule has 0 aromatic heterocycles. The summed E-state index contributed by atoms with van der Waals surface area (Å²) in [5, 5.41) is 0. The van der Waals surface area contributed by atoms with Crippen LogP contribution in [0.2, 0.25) is 0 Å². The van der Waals surface area contributed by atoms with E-state index in [2.05, 4.69) is 48.0 Å². The number of rotatable bonds is 4. The Morgan fingerprint density at radius 3 is 2.47 bits per heavy atom. The van der Waals surface area contributed by atoms with Crippen LogP contribution in [0.1, 0.15) is 56.2 Å². The summed E-state index contributed by atoms with van der Waals surface area (Å²) in [6, 6.07) is 9.87. The standard InChI is InChI=1S/C16H23N3/c1-3-11(2)19-15(10-18-16(19)17)14-8-6-13(7-9-14)12-4-5-12/h6-9,11-12,15H,3-5,10H2,1-2H3,(H2,17,18). The largest absolute Gasteiger partial charge is 0.370 e. The van der Waals surface area contributed by atoms with Crippen LogP contribution in [0.15, 0.2) is 29.3 Å². The van der Waals surface area contributed by atoms with Crippen molar-refractivity contribution in [3.63, 3.8) is 0 Å². The average Bonchev–Trinajstić information content (AvgIpc) is 3.21. The van der Waals surface area contributed by atoms with Crippen LogP contribution in [0.25, 0.3) is 0 Å². The molecule has 0 radical (unpaired) electrons. The Kier molecular flexibility index (Phi) is 3.21. The molecule has 2 atom stereocenters. The van der Waals surface area contributed by atoms with Crippen molar-refractivity contribution in [2.75, 3.05) is 6.54 Å². The van der Waals surface area contributed by atoms with Crippen LogP contribution in [0, 0.1) is 0 Å². The molecule has 1 fully saturated rings. The van der Waals surface area contributed by atoms with Crippen molar-refractivity contribution in [3.05, 3.63) is 35.4 Å². The van der Waals surface area contributed by atoms with Crippen molar-refractivity contribution >= 4 is 5.96 Å². The molecular formula is C16H23N3. The van der Waals surface area contributed by atoms with E-state index in [-0.39, 0.29) is 0 Å². The van der Waals surface area contributed by atoms with E-state index in [1.165, 1.54) is 24.0 Å². The lowest BCUT2D eigenvalue weighted by Crippen LogP contribution is -2.42. The number of nitrogens with zero attached hydrogens (tertiary/aromatic N) is 2. The minimum Gasteiger partial charge on any atom is -0.370 e. The van der Waals surface area contributed by atoms with Gasteiger partial charge in [-0.05, 0) is 43.2 Å². The van der Waals surface area contributed by atoms with E-state index in [4.69, 9.17) is 5.73 Å². The first kappa shape index (κ1) is 12.5. The first-order valence-electron chi connectivity index (χ1n) is 7.38. The molecule has 102 valence electrons. The molecule has 1 heterocycles. The third-order valence-electron chi connectivity index (χ3n) is 4.46. The van der Waals surface area contributed by atoms with Crippen LogP contribution in [0.4, 0.5) is 0 Å². The molecule has 1 aromatic rings. The van der Waals surface area contributed by atoms with Gasteiger partial charge in [-0.15, -0.1) is 0 Å². The average molecular weight is 257 g/mol. The Morgan fingerprint density at radius 1 is 1.26 bits per heavy atom. The monoisotopic (exact) mass is 257 g/mol. The van der Waals surface area contributed by atoms with E-state index in [9.17, 15) is 0 Å². The van der Waals surface area contributed by atoms with Gasteiger partial charge in [-0.3, -0.25) is 4.99 Å². The minimum atomic E-state index is 0.322. The molecule has 1 aliphatic carbocycles. The van der Waals surface area contributed by atoms with Gasteiger partial charge in [-0.2, -0.15) is 0 Å². The van der Waals surface area contributed by atoms with Gasteiger partial charge < -0.3 is 10.6 Å². The highest BCUT2D eigenvalue weighted by Crippen LogP contribution is 2.40. The zero-order chi connectivity index (χ0) is 13.4. The van der Waals surface area contributed by atoms with E-state index in [1.807, 2.05) is 0 Å². The van der Waals surface area contributed by atoms with Gasteiger partial charge in [0.25, 0.3) is 0 Å². The Balaban J connectivity index is 1.80. The molecule has 2 unspecified atom stereocenters. The summed E-state index contributed by atoms with van der Waals surface area (Å²) >= 11 is 0. The number of guanidine groups is 1. The van der Waals surface area contributed by atoms with Crippen molar-refractivity contribution in [3.8, 4) is 0 Å². The summed E-state index contributed by atoms with van der Waals surface area (Å²) in [7, 11) is 0. The van der Waals surface area contributed by atoms with Gasteiger partial charge in [0.15, 0.2) is 5.96 Å². The van der Waals surface area contributed by atoms with E-state index < -0.39 is 0 Å². The van der Waals surface area contributed by atoms with Gasteiger partial charge in [0.2, 0.25) is 0 Å². The quantitative estimate of drug-likeness (QED) is 0.900. The fraction of sp³-hybridized carbons (Fsp3) is 0.562. The maximum absolute atomic E-state index is 6.05. The zero-order valence-corrected chi connectivity index (χ0v) is 11.8. The molecule has 2 aliphatic rings. The highest BCUT2D eigenvalue weighted by molar-refractivity contribution is 5.80. The number of nitrogens with two attached hydrogens (primary N) is 1. The summed E-state index contributed by atoms with van der Waals surface area (Å²) in [4.78, 5) is 6.70. The molecule has 3 rings (SSSR count). The van der Waals surface area contributed by atoms with Gasteiger partial charge >= 0.3 is 0 Å². The molecule has 0 spiro atoms. The molecule has 1 aliphatic heterocycles. The minimum absolute atomic E-state index is 0.322. The van der Waals surface area contributed by atoms with Crippen LogP contribution < -0.4 is 5.73 Å². The van der Waals surface area contributed by atoms with Gasteiger partial charge in [0, 0.05) is 6.04 Å². The van der Waals surface area contributed by atoms with E-state index in [0.717, 1.165) is 18.9 Å². The molecule has 0 amide bonds. The third-order valence-corrected chi connectivity index (χ3v) is 4.46. The summed E-state index contributed by atoms with van der Waals surface area (Å²) in [5.74, 6) is 1.52. The van der Waals surface area contributed by atoms with Crippen molar-refractivity contribution in [1.82, 2.24) is 4.90 Å². The third kappa shape index (κ3) is 2.34. The SMILES string of the molecule is CCC(C)N1C(N)=NCC1c1ccc(C2CC2)cc1. The van der Waals surface area contributed by atoms with Crippen molar-refractivity contribution in [2.45, 2.75) is 51.1 Å². The number of hydrogen-bond acceptors (Lipinski definition) is 3. The topological polar surface area (TPSA) is 41.6 Å². The van der Waals surface area contributed by atoms with Crippen molar-refractivity contribution < 1.29 is 0 Å². The molecule has 1 saturated carbocycles. The normalized spacial score (nSPS) is 24.4. The maximum atomic E-state index is 6.05. The van der Waals surface area contributed by atoms with Gasteiger partial charge in [0.05, 0.1) is 12.6 Å². The molecule has 3 heteroatoms. The first-order valence-corrected chi connectivity index (χ1v) is 7.38. The van der Waals surface area contributed by atoms with Gasteiger partial charge in [-0.1, -0.05) is 31.2 Å². The van der Waals surface area contributed by atoms with Gasteiger partial charge in [-0.25, -0.2) is 0 Å². The van der Waals surface area contributed by atoms with Crippen LogP contribution in [0.3, 0.4) is 0 Å². The first-order chi connectivity index (χ1) is 9.20. The van der Waals surface area contributed by atoms with Crippen LogP contribution in [0.5, 0.6) is 0 Å². The molecule has 2 N–H and O–H groups in total. The second kappa shape index (κ2) is 4.87. The second-order valence-corrected chi connectivity index (χ2v) is 5.82. The van der Waals surface area contributed by atoms with E-state index in [0.29, 0.717) is 18.0 Å². The second-order valence-electron chi connectivity index (χ2n) is 5.82. The maximum Gasteiger partial charge on any atom is 0.192 e. The summed E-state index contributed by atoms with van der Waals surface area (Å²) in [6.45, 7) is 5.21. The lowest BCUT2D eigenvalue weighted by Gasteiger charge is -2.32. The summed E-state index contributed by atoms with van der Waals surface area (Å²) in [5.41, 5.74) is 8.88. The van der Waals surface area contributed by atoms with Crippen LogP contribution in [-0.4, -0.2) is 23.4 Å². The zero-order valence-electron chi connectivity index (χ0n) is 11.8. The number of aliphatic imine (C=N–C) groups is 1. The Labute approximate surface area is 115 Å². The Hall–Kier alpha value is -1.51. The summed E-state index contributed by atoms with van der Waals surface area (Å²) < 4.78 is 0. The van der Waals surface area contributed by atoms with E-state index in [1.54, 1.807) is 0 Å². The Bertz CT molecular complexity index is 473. The lowest BCUT2D eigenvalue weighted by atomic mass is 10.0. The van der Waals surface area contributed by atoms with Gasteiger partial charge in [0.1, 0.15) is 0 Å². The smallest absolute Gasteiger partial charge is 0.192 e. The van der Waals surface area contributed by atoms with E-state index >= 15 is 0 Å². The van der Waals surface area contributed by atoms with Crippen molar-refractivity contribution in [1.29, 1.82) is 0 Å². The molecule has 1 aromatic carbocycles. The fourth-order valence-corrected chi connectivity index (χ4v) is 2.91. The molecule has 0 bridgehead atoms. The highest BCUT2D eigenvalue weighted by Gasteiger charge is 2.31. The van der Waals surface area contributed by atoms with Crippen LogP contribution in [-0.2, 0) is 0 Å². The fourth-order valence-electron chi connectivity index (χ4n) is 2.91. The molecule has 0 saturated heterocycles. The Morgan fingerprint density at radius 2 is 1.89 bits per heavy atom. The van der Waals surface area contributed by atoms with Crippen molar-refractivity contribution in [2.24, 2.45) is 10.7 Å².